The van der Waals surface area contributed by atoms with Crippen LogP contribution in [-0.2, 0) is 4.74 Å². The second kappa shape index (κ2) is 8.81. The SMILES string of the molecule is CN(C(=O)NC1CC1)c1cn(C2CCCCO2)nc1-c1nc2c(-c3cccc(F)c3)cccc2[nH]1. The molecule has 2 fully saturated rings. The fourth-order valence-corrected chi connectivity index (χ4v) is 4.52. The van der Waals surface area contributed by atoms with Gasteiger partial charge in [0.15, 0.2) is 11.5 Å². The van der Waals surface area contributed by atoms with Gasteiger partial charge in [-0.25, -0.2) is 18.9 Å². The zero-order chi connectivity index (χ0) is 23.9. The van der Waals surface area contributed by atoms with Gasteiger partial charge in [0.25, 0.3) is 0 Å². The van der Waals surface area contributed by atoms with Crippen LogP contribution in [-0.4, -0.2) is 45.5 Å². The van der Waals surface area contributed by atoms with Crippen LogP contribution < -0.4 is 10.2 Å². The van der Waals surface area contributed by atoms with Gasteiger partial charge in [-0.1, -0.05) is 24.3 Å². The summed E-state index contributed by atoms with van der Waals surface area (Å²) in [5.41, 5.74) is 4.29. The van der Waals surface area contributed by atoms with Gasteiger partial charge >= 0.3 is 6.03 Å². The molecule has 0 spiro atoms. The summed E-state index contributed by atoms with van der Waals surface area (Å²) in [5.74, 6) is 0.242. The Labute approximate surface area is 202 Å². The molecule has 180 valence electrons. The number of benzene rings is 2. The molecule has 1 aliphatic carbocycles. The molecule has 8 nitrogen and oxygen atoms in total. The van der Waals surface area contributed by atoms with E-state index in [2.05, 4.69) is 10.3 Å². The van der Waals surface area contributed by atoms with E-state index in [0.717, 1.165) is 48.7 Å². The van der Waals surface area contributed by atoms with Gasteiger partial charge in [0, 0.05) is 25.3 Å². The molecular formula is C26H27FN6O2. The number of nitrogens with zero attached hydrogens (tertiary/aromatic N) is 4. The summed E-state index contributed by atoms with van der Waals surface area (Å²) >= 11 is 0. The molecule has 1 unspecified atom stereocenters. The molecule has 0 radical (unpaired) electrons. The molecule has 2 aromatic heterocycles. The fourth-order valence-electron chi connectivity index (χ4n) is 4.52. The molecule has 0 bridgehead atoms. The predicted molar refractivity (Wildman–Crippen MR) is 132 cm³/mol. The van der Waals surface area contributed by atoms with Crippen molar-refractivity contribution in [2.45, 2.75) is 44.4 Å². The third-order valence-electron chi connectivity index (χ3n) is 6.61. The van der Waals surface area contributed by atoms with Crippen LogP contribution in [0.15, 0.2) is 48.7 Å². The van der Waals surface area contributed by atoms with Gasteiger partial charge in [0.1, 0.15) is 12.0 Å². The summed E-state index contributed by atoms with van der Waals surface area (Å²) < 4.78 is 21.7. The summed E-state index contributed by atoms with van der Waals surface area (Å²) in [4.78, 5) is 22.7. The Morgan fingerprint density at radius 3 is 2.83 bits per heavy atom. The number of para-hydroxylation sites is 1. The molecular weight excluding hydrogens is 447 g/mol. The van der Waals surface area contributed by atoms with Crippen molar-refractivity contribution in [1.29, 1.82) is 0 Å². The summed E-state index contributed by atoms with van der Waals surface area (Å²) in [7, 11) is 1.74. The molecule has 2 N–H and O–H groups in total. The zero-order valence-corrected chi connectivity index (χ0v) is 19.5. The van der Waals surface area contributed by atoms with Crippen LogP contribution in [0.2, 0.25) is 0 Å². The van der Waals surface area contributed by atoms with Crippen molar-refractivity contribution < 1.29 is 13.9 Å². The summed E-state index contributed by atoms with van der Waals surface area (Å²) in [6, 6.07) is 12.3. The number of H-pyrrole nitrogens is 1. The molecule has 6 rings (SSSR count). The first-order chi connectivity index (χ1) is 17.1. The Morgan fingerprint density at radius 1 is 1.20 bits per heavy atom. The zero-order valence-electron chi connectivity index (χ0n) is 19.5. The van der Waals surface area contributed by atoms with Crippen LogP contribution in [0.1, 0.15) is 38.3 Å². The van der Waals surface area contributed by atoms with Crippen LogP contribution >= 0.6 is 0 Å². The number of aromatic nitrogens is 4. The number of ether oxygens (including phenoxy) is 1. The van der Waals surface area contributed by atoms with E-state index in [1.54, 1.807) is 22.7 Å². The summed E-state index contributed by atoms with van der Waals surface area (Å²) in [6.07, 6.45) is 6.66. The number of fused-ring (bicyclic) bond motifs is 1. The maximum Gasteiger partial charge on any atom is 0.321 e. The number of urea groups is 1. The first-order valence-electron chi connectivity index (χ1n) is 12.1. The Hall–Kier alpha value is -3.72. The smallest absolute Gasteiger partial charge is 0.321 e. The minimum Gasteiger partial charge on any atom is -0.357 e. The number of aromatic amines is 1. The van der Waals surface area contributed by atoms with Crippen molar-refractivity contribution in [2.24, 2.45) is 0 Å². The lowest BCUT2D eigenvalue weighted by molar-refractivity contribution is -0.0393. The lowest BCUT2D eigenvalue weighted by Gasteiger charge is -2.22. The van der Waals surface area contributed by atoms with E-state index in [9.17, 15) is 9.18 Å². The van der Waals surface area contributed by atoms with E-state index in [-0.39, 0.29) is 24.1 Å². The normalized spacial score (nSPS) is 18.1. The van der Waals surface area contributed by atoms with E-state index >= 15 is 0 Å². The van der Waals surface area contributed by atoms with E-state index in [1.807, 2.05) is 30.5 Å². The second-order valence-corrected chi connectivity index (χ2v) is 9.24. The summed E-state index contributed by atoms with van der Waals surface area (Å²) in [5, 5.41) is 7.87. The largest absolute Gasteiger partial charge is 0.357 e. The number of hydrogen-bond acceptors (Lipinski definition) is 4. The predicted octanol–water partition coefficient (Wildman–Crippen LogP) is 5.24. The Balaban J connectivity index is 1.44. The molecule has 9 heteroatoms. The van der Waals surface area contributed by atoms with Crippen LogP contribution in [0.3, 0.4) is 0 Å². The highest BCUT2D eigenvalue weighted by atomic mass is 19.1. The van der Waals surface area contributed by atoms with Gasteiger partial charge in [-0.05, 0) is 55.9 Å². The monoisotopic (exact) mass is 474 g/mol. The van der Waals surface area contributed by atoms with Crippen LogP contribution in [0, 0.1) is 5.82 Å². The van der Waals surface area contributed by atoms with Crippen molar-refractivity contribution in [1.82, 2.24) is 25.1 Å². The molecule has 2 aromatic carbocycles. The van der Waals surface area contributed by atoms with Crippen LogP contribution in [0.4, 0.5) is 14.9 Å². The minimum atomic E-state index is -0.299. The average molecular weight is 475 g/mol. The van der Waals surface area contributed by atoms with Crippen molar-refractivity contribution in [3.63, 3.8) is 0 Å². The molecule has 3 heterocycles. The lowest BCUT2D eigenvalue weighted by Crippen LogP contribution is -2.38. The van der Waals surface area contributed by atoms with Crippen molar-refractivity contribution in [3.05, 3.63) is 54.5 Å². The first kappa shape index (κ1) is 21.8. The maximum absolute atomic E-state index is 13.9. The van der Waals surface area contributed by atoms with E-state index in [0.29, 0.717) is 29.3 Å². The van der Waals surface area contributed by atoms with E-state index < -0.39 is 0 Å². The molecule has 35 heavy (non-hydrogen) atoms. The van der Waals surface area contributed by atoms with Crippen molar-refractivity contribution >= 4 is 22.8 Å². The van der Waals surface area contributed by atoms with E-state index in [4.69, 9.17) is 14.8 Å². The minimum absolute atomic E-state index is 0.172. The number of carbonyl (C=O) groups excluding carboxylic acids is 1. The molecule has 1 saturated heterocycles. The third kappa shape index (κ3) is 4.27. The maximum atomic E-state index is 13.9. The standard InChI is InChI=1S/C26H27FN6O2/c1-32(26(34)28-18-11-12-18)21-15-33(22-10-2-3-13-35-22)31-24(21)25-29-20-9-5-8-19(23(20)30-25)16-6-4-7-17(27)14-16/h4-9,14-15,18,22H,2-3,10-13H2,1H3,(H,28,34)(H,29,30). The number of carbonyl (C=O) groups is 1. The number of rotatable bonds is 5. The number of imidazole rings is 1. The van der Waals surface area contributed by atoms with E-state index in [1.165, 1.54) is 12.1 Å². The van der Waals surface area contributed by atoms with Crippen LogP contribution in [0.25, 0.3) is 33.7 Å². The fraction of sp³-hybridized carbons (Fsp3) is 0.346. The number of nitrogens with one attached hydrogen (secondary N) is 2. The molecule has 2 amide bonds. The molecule has 2 aliphatic rings. The molecule has 1 aliphatic heterocycles. The van der Waals surface area contributed by atoms with Gasteiger partial charge in [-0.3, -0.25) is 4.90 Å². The Kier molecular flexibility index (Phi) is 5.49. The van der Waals surface area contributed by atoms with Crippen molar-refractivity contribution in [3.8, 4) is 22.6 Å². The van der Waals surface area contributed by atoms with Gasteiger partial charge in [-0.2, -0.15) is 5.10 Å². The highest BCUT2D eigenvalue weighted by molar-refractivity contribution is 5.97. The van der Waals surface area contributed by atoms with Gasteiger partial charge in [-0.15, -0.1) is 0 Å². The third-order valence-corrected chi connectivity index (χ3v) is 6.61. The highest BCUT2D eigenvalue weighted by Gasteiger charge is 2.29. The van der Waals surface area contributed by atoms with Gasteiger partial charge in [0.05, 0.1) is 22.9 Å². The topological polar surface area (TPSA) is 88.1 Å². The number of amides is 2. The molecule has 1 atom stereocenters. The average Bonchev–Trinajstić information content (AvgIpc) is 3.40. The number of anilines is 1. The lowest BCUT2D eigenvalue weighted by atomic mass is 10.0. The molecule has 4 aromatic rings. The Morgan fingerprint density at radius 2 is 2.06 bits per heavy atom. The number of hydrogen-bond donors (Lipinski definition) is 2. The van der Waals surface area contributed by atoms with Gasteiger partial charge < -0.3 is 15.0 Å². The quantitative estimate of drug-likeness (QED) is 0.414. The Bertz CT molecular complexity index is 1390. The summed E-state index contributed by atoms with van der Waals surface area (Å²) in [6.45, 7) is 0.689. The van der Waals surface area contributed by atoms with Crippen LogP contribution in [0.5, 0.6) is 0 Å². The molecule has 1 saturated carbocycles. The second-order valence-electron chi connectivity index (χ2n) is 9.24. The number of halogens is 1. The van der Waals surface area contributed by atoms with Crippen molar-refractivity contribution in [2.75, 3.05) is 18.6 Å². The first-order valence-corrected chi connectivity index (χ1v) is 12.1. The highest BCUT2D eigenvalue weighted by Crippen LogP contribution is 2.35. The van der Waals surface area contributed by atoms with Gasteiger partial charge in [0.2, 0.25) is 0 Å².